The molecule has 1 aromatic rings. The third-order valence-corrected chi connectivity index (χ3v) is 4.65. The standard InChI is InChI=1S/C14H18ClN3O2/c1-16-4-3-9-6-18(8-11(9)13(16)19)14(20)12-5-10(15)7-17(12)2/h5,7,9,11H,3-4,6,8H2,1-2H3/t9-,11+/m1/s1. The van der Waals surface area contributed by atoms with Crippen molar-refractivity contribution in [2.24, 2.45) is 18.9 Å². The van der Waals surface area contributed by atoms with E-state index in [0.717, 1.165) is 13.0 Å². The molecule has 0 aromatic carbocycles. The van der Waals surface area contributed by atoms with Gasteiger partial charge >= 0.3 is 0 Å². The van der Waals surface area contributed by atoms with Crippen molar-refractivity contribution in [2.75, 3.05) is 26.7 Å². The average Bonchev–Trinajstić information content (AvgIpc) is 2.97. The summed E-state index contributed by atoms with van der Waals surface area (Å²) in [7, 11) is 3.64. The molecule has 2 aliphatic heterocycles. The fourth-order valence-electron chi connectivity index (χ4n) is 3.26. The fraction of sp³-hybridized carbons (Fsp3) is 0.571. The van der Waals surface area contributed by atoms with Crippen molar-refractivity contribution < 1.29 is 9.59 Å². The summed E-state index contributed by atoms with van der Waals surface area (Å²) in [5.41, 5.74) is 0.578. The van der Waals surface area contributed by atoms with Crippen LogP contribution in [-0.4, -0.2) is 52.9 Å². The number of piperidine rings is 1. The van der Waals surface area contributed by atoms with E-state index in [1.165, 1.54) is 0 Å². The largest absolute Gasteiger partial charge is 0.345 e. The van der Waals surface area contributed by atoms with E-state index in [4.69, 9.17) is 11.6 Å². The lowest BCUT2D eigenvalue weighted by Gasteiger charge is -2.30. The Morgan fingerprint density at radius 2 is 2.10 bits per heavy atom. The van der Waals surface area contributed by atoms with Crippen LogP contribution in [0.5, 0.6) is 0 Å². The maximum Gasteiger partial charge on any atom is 0.270 e. The molecule has 0 unspecified atom stereocenters. The number of aryl methyl sites for hydroxylation is 1. The lowest BCUT2D eigenvalue weighted by molar-refractivity contribution is -0.137. The second-order valence-electron chi connectivity index (χ2n) is 5.78. The van der Waals surface area contributed by atoms with Crippen LogP contribution in [0.2, 0.25) is 5.02 Å². The highest BCUT2D eigenvalue weighted by Crippen LogP contribution is 2.32. The zero-order valence-corrected chi connectivity index (χ0v) is 12.4. The summed E-state index contributed by atoms with van der Waals surface area (Å²) in [6.45, 7) is 1.99. The van der Waals surface area contributed by atoms with Crippen molar-refractivity contribution in [1.29, 1.82) is 0 Å². The van der Waals surface area contributed by atoms with Crippen LogP contribution in [0.15, 0.2) is 12.3 Å². The maximum absolute atomic E-state index is 12.5. The molecule has 3 rings (SSSR count). The van der Waals surface area contributed by atoms with Gasteiger partial charge in [-0.3, -0.25) is 9.59 Å². The number of hydrogen-bond donors (Lipinski definition) is 0. The minimum Gasteiger partial charge on any atom is -0.345 e. The van der Waals surface area contributed by atoms with Gasteiger partial charge in [0.15, 0.2) is 0 Å². The first kappa shape index (κ1) is 13.5. The number of nitrogens with zero attached hydrogens (tertiary/aromatic N) is 3. The van der Waals surface area contributed by atoms with Crippen molar-refractivity contribution in [3.8, 4) is 0 Å². The molecule has 2 saturated heterocycles. The van der Waals surface area contributed by atoms with Crippen LogP contribution in [0.1, 0.15) is 16.9 Å². The molecule has 2 amide bonds. The van der Waals surface area contributed by atoms with Crippen LogP contribution in [-0.2, 0) is 11.8 Å². The molecule has 0 spiro atoms. The highest BCUT2D eigenvalue weighted by molar-refractivity contribution is 6.31. The summed E-state index contributed by atoms with van der Waals surface area (Å²) in [6.07, 6.45) is 2.70. The Morgan fingerprint density at radius 1 is 1.35 bits per heavy atom. The van der Waals surface area contributed by atoms with E-state index < -0.39 is 0 Å². The van der Waals surface area contributed by atoms with Crippen LogP contribution in [0.3, 0.4) is 0 Å². The molecule has 2 atom stereocenters. The van der Waals surface area contributed by atoms with Crippen molar-refractivity contribution in [2.45, 2.75) is 6.42 Å². The van der Waals surface area contributed by atoms with Crippen molar-refractivity contribution in [1.82, 2.24) is 14.4 Å². The Balaban J connectivity index is 1.78. The summed E-state index contributed by atoms with van der Waals surface area (Å²) >= 11 is 5.93. The molecular formula is C14H18ClN3O2. The molecule has 20 heavy (non-hydrogen) atoms. The number of amides is 2. The zero-order valence-electron chi connectivity index (χ0n) is 11.7. The molecular weight excluding hydrogens is 278 g/mol. The number of hydrogen-bond acceptors (Lipinski definition) is 2. The van der Waals surface area contributed by atoms with Crippen molar-refractivity contribution in [3.05, 3.63) is 23.0 Å². The minimum atomic E-state index is -0.0377. The second-order valence-corrected chi connectivity index (χ2v) is 6.22. The van der Waals surface area contributed by atoms with Crippen LogP contribution >= 0.6 is 11.6 Å². The Morgan fingerprint density at radius 3 is 2.75 bits per heavy atom. The van der Waals surface area contributed by atoms with E-state index in [0.29, 0.717) is 29.7 Å². The molecule has 0 aliphatic carbocycles. The van der Waals surface area contributed by atoms with Crippen LogP contribution in [0, 0.1) is 11.8 Å². The second kappa shape index (κ2) is 4.81. The molecule has 1 aromatic heterocycles. The lowest BCUT2D eigenvalue weighted by atomic mass is 9.88. The molecule has 108 valence electrons. The summed E-state index contributed by atoms with van der Waals surface area (Å²) in [4.78, 5) is 28.2. The van der Waals surface area contributed by atoms with Gasteiger partial charge < -0.3 is 14.4 Å². The normalized spacial score (nSPS) is 26.1. The summed E-state index contributed by atoms with van der Waals surface area (Å²) in [6, 6.07) is 1.68. The zero-order chi connectivity index (χ0) is 14.4. The van der Waals surface area contributed by atoms with Crippen molar-refractivity contribution >= 4 is 23.4 Å². The molecule has 3 heterocycles. The summed E-state index contributed by atoms with van der Waals surface area (Å²) < 4.78 is 1.74. The molecule has 0 radical (unpaired) electrons. The third kappa shape index (κ3) is 2.10. The Labute approximate surface area is 123 Å². The van der Waals surface area contributed by atoms with Gasteiger partial charge in [0.05, 0.1) is 10.9 Å². The third-order valence-electron chi connectivity index (χ3n) is 4.45. The van der Waals surface area contributed by atoms with E-state index in [1.54, 1.807) is 33.7 Å². The molecule has 6 heteroatoms. The van der Waals surface area contributed by atoms with Crippen molar-refractivity contribution in [3.63, 3.8) is 0 Å². The number of likely N-dealkylation sites (tertiary alicyclic amines) is 2. The van der Waals surface area contributed by atoms with Gasteiger partial charge in [-0.2, -0.15) is 0 Å². The first-order valence-corrected chi connectivity index (χ1v) is 7.21. The van der Waals surface area contributed by atoms with Gasteiger partial charge in [0.25, 0.3) is 5.91 Å². The molecule has 0 N–H and O–H groups in total. The number of halogens is 1. The van der Waals surface area contributed by atoms with E-state index in [1.807, 2.05) is 7.05 Å². The van der Waals surface area contributed by atoms with Gasteiger partial charge in [0.2, 0.25) is 5.91 Å². The fourth-order valence-corrected chi connectivity index (χ4v) is 3.51. The molecule has 0 bridgehead atoms. The smallest absolute Gasteiger partial charge is 0.270 e. The monoisotopic (exact) mass is 295 g/mol. The molecule has 2 aliphatic rings. The SMILES string of the molecule is CN1CC[C@@H]2CN(C(=O)c3cc(Cl)cn3C)C[C@@H]2C1=O. The van der Waals surface area contributed by atoms with Gasteiger partial charge in [-0.05, 0) is 18.4 Å². The maximum atomic E-state index is 12.5. The Bertz CT molecular complexity index is 569. The first-order valence-electron chi connectivity index (χ1n) is 6.83. The van der Waals surface area contributed by atoms with Gasteiger partial charge in [0.1, 0.15) is 5.69 Å². The van der Waals surface area contributed by atoms with E-state index in [-0.39, 0.29) is 17.7 Å². The Kier molecular flexibility index (Phi) is 3.24. The van der Waals surface area contributed by atoms with Crippen LogP contribution in [0.4, 0.5) is 0 Å². The van der Waals surface area contributed by atoms with Gasteiger partial charge in [-0.1, -0.05) is 11.6 Å². The quantitative estimate of drug-likeness (QED) is 0.782. The highest BCUT2D eigenvalue weighted by atomic mass is 35.5. The summed E-state index contributed by atoms with van der Waals surface area (Å²) in [5.74, 6) is 0.401. The van der Waals surface area contributed by atoms with E-state index >= 15 is 0 Å². The molecule has 2 fully saturated rings. The Hall–Kier alpha value is -1.49. The predicted octanol–water partition coefficient (Wildman–Crippen LogP) is 1.23. The number of aromatic nitrogens is 1. The highest BCUT2D eigenvalue weighted by Gasteiger charge is 2.43. The average molecular weight is 296 g/mol. The number of fused-ring (bicyclic) bond motifs is 1. The van der Waals surface area contributed by atoms with Gasteiger partial charge in [-0.15, -0.1) is 0 Å². The van der Waals surface area contributed by atoms with Gasteiger partial charge in [-0.25, -0.2) is 0 Å². The molecule has 0 saturated carbocycles. The lowest BCUT2D eigenvalue weighted by Crippen LogP contribution is -2.42. The van der Waals surface area contributed by atoms with Crippen LogP contribution < -0.4 is 0 Å². The topological polar surface area (TPSA) is 45.5 Å². The summed E-state index contributed by atoms with van der Waals surface area (Å²) in [5, 5.41) is 0.559. The van der Waals surface area contributed by atoms with E-state index in [2.05, 4.69) is 0 Å². The minimum absolute atomic E-state index is 0.0339. The first-order chi connectivity index (χ1) is 9.47. The number of carbonyl (C=O) groups excluding carboxylic acids is 2. The molecule has 5 nitrogen and oxygen atoms in total. The number of carbonyl (C=O) groups is 2. The van der Waals surface area contributed by atoms with E-state index in [9.17, 15) is 9.59 Å². The van der Waals surface area contributed by atoms with Gasteiger partial charge in [0, 0.05) is 39.9 Å². The number of rotatable bonds is 1. The predicted molar refractivity (Wildman–Crippen MR) is 75.6 cm³/mol. The van der Waals surface area contributed by atoms with Crippen LogP contribution in [0.25, 0.3) is 0 Å².